The highest BCUT2D eigenvalue weighted by atomic mass is 16.5. The van der Waals surface area contributed by atoms with Crippen LogP contribution in [0.1, 0.15) is 84.5 Å². The van der Waals surface area contributed by atoms with Crippen molar-refractivity contribution in [3.63, 3.8) is 0 Å². The first-order valence-corrected chi connectivity index (χ1v) is 11.3. The number of unbranched alkanes of at least 4 members (excludes halogenated alkanes) is 1. The predicted octanol–water partition coefficient (Wildman–Crippen LogP) is 7.09. The Balaban J connectivity index is 4.15. The summed E-state index contributed by atoms with van der Waals surface area (Å²) < 4.78 is 5.49. The van der Waals surface area contributed by atoms with E-state index in [9.17, 15) is 9.59 Å². The monoisotopic (exact) mass is 416 g/mol. The van der Waals surface area contributed by atoms with Crippen molar-refractivity contribution in [2.75, 3.05) is 0 Å². The Morgan fingerprint density at radius 1 is 0.767 bits per heavy atom. The van der Waals surface area contributed by atoms with Crippen molar-refractivity contribution in [2.45, 2.75) is 90.6 Å². The number of hydrogen-bond acceptors (Lipinski definition) is 3. The Bertz CT molecular complexity index is 582. The van der Waals surface area contributed by atoms with Gasteiger partial charge in [0.25, 0.3) is 0 Å². The van der Waals surface area contributed by atoms with E-state index in [2.05, 4.69) is 55.5 Å². The van der Waals surface area contributed by atoms with Crippen molar-refractivity contribution < 1.29 is 19.4 Å². The van der Waals surface area contributed by atoms with Crippen LogP contribution < -0.4 is 0 Å². The molecule has 0 saturated heterocycles. The van der Waals surface area contributed by atoms with Gasteiger partial charge >= 0.3 is 11.9 Å². The fourth-order valence-electron chi connectivity index (χ4n) is 2.63. The molecule has 0 rings (SSSR count). The molecule has 0 aliphatic heterocycles. The summed E-state index contributed by atoms with van der Waals surface area (Å²) in [6.45, 7) is 4.08. The average Bonchev–Trinajstić information content (AvgIpc) is 2.71. The molecular formula is C26H40O4. The quantitative estimate of drug-likeness (QED) is 0.147. The molecule has 0 heterocycles. The third-order valence-corrected chi connectivity index (χ3v) is 4.21. The van der Waals surface area contributed by atoms with Gasteiger partial charge in [0.15, 0.2) is 0 Å². The molecule has 1 N–H and O–H groups in total. The highest BCUT2D eigenvalue weighted by Crippen LogP contribution is 2.11. The zero-order chi connectivity index (χ0) is 22.3. The minimum absolute atomic E-state index is 0.154. The lowest BCUT2D eigenvalue weighted by Gasteiger charge is -2.14. The molecule has 0 bridgehead atoms. The summed E-state index contributed by atoms with van der Waals surface area (Å²) in [5, 5.41) is 8.72. The Kier molecular flexibility index (Phi) is 19.7. The van der Waals surface area contributed by atoms with Crippen molar-refractivity contribution in [3.8, 4) is 0 Å². The molecule has 0 aromatic carbocycles. The summed E-state index contributed by atoms with van der Waals surface area (Å²) in [5.41, 5.74) is 0. The van der Waals surface area contributed by atoms with Crippen LogP contribution in [0.4, 0.5) is 0 Å². The second-order valence-electron chi connectivity index (χ2n) is 7.08. The van der Waals surface area contributed by atoms with Crippen LogP contribution in [0, 0.1) is 0 Å². The molecular weight excluding hydrogens is 376 g/mol. The fraction of sp³-hybridized carbons (Fsp3) is 0.538. The van der Waals surface area contributed by atoms with Gasteiger partial charge in [0.05, 0.1) is 0 Å². The number of carboxylic acid groups (broad SMARTS) is 1. The maximum atomic E-state index is 11.8. The highest BCUT2D eigenvalue weighted by molar-refractivity contribution is 5.69. The zero-order valence-corrected chi connectivity index (χ0v) is 18.8. The predicted molar refractivity (Wildman–Crippen MR) is 125 cm³/mol. The third kappa shape index (κ3) is 20.4. The van der Waals surface area contributed by atoms with Crippen LogP contribution in [0.15, 0.2) is 60.8 Å². The summed E-state index contributed by atoms with van der Waals surface area (Å²) in [6.07, 6.45) is 29.0. The number of carboxylic acids is 1. The van der Waals surface area contributed by atoms with E-state index in [1.165, 1.54) is 0 Å². The van der Waals surface area contributed by atoms with E-state index in [1.807, 2.05) is 19.1 Å². The number of esters is 1. The Morgan fingerprint density at radius 3 is 1.80 bits per heavy atom. The SMILES string of the molecule is CC/C=C\C/C=C\C/C=C\C/C=C\C/C=C\C(CCCCC(=O)O)OC(=O)CCC. The second-order valence-corrected chi connectivity index (χ2v) is 7.08. The number of allylic oxidation sites excluding steroid dienone is 9. The number of rotatable bonds is 18. The average molecular weight is 417 g/mol. The van der Waals surface area contributed by atoms with Gasteiger partial charge in [0.2, 0.25) is 0 Å². The largest absolute Gasteiger partial charge is 0.481 e. The molecule has 0 saturated carbocycles. The first-order valence-electron chi connectivity index (χ1n) is 11.3. The Labute approximate surface area is 183 Å². The minimum atomic E-state index is -0.788. The lowest BCUT2D eigenvalue weighted by atomic mass is 10.1. The first-order chi connectivity index (χ1) is 14.6. The summed E-state index contributed by atoms with van der Waals surface area (Å²) in [4.78, 5) is 22.4. The van der Waals surface area contributed by atoms with Gasteiger partial charge in [-0.15, -0.1) is 0 Å². The van der Waals surface area contributed by atoms with E-state index in [-0.39, 0.29) is 18.5 Å². The number of ether oxygens (including phenoxy) is 1. The fourth-order valence-corrected chi connectivity index (χ4v) is 2.63. The molecule has 0 aromatic rings. The zero-order valence-electron chi connectivity index (χ0n) is 18.8. The Morgan fingerprint density at radius 2 is 1.30 bits per heavy atom. The molecule has 1 atom stereocenters. The van der Waals surface area contributed by atoms with Crippen LogP contribution in [-0.2, 0) is 14.3 Å². The van der Waals surface area contributed by atoms with E-state index >= 15 is 0 Å². The molecule has 1 unspecified atom stereocenters. The molecule has 0 aliphatic carbocycles. The van der Waals surface area contributed by atoms with Crippen LogP contribution in [0.2, 0.25) is 0 Å². The van der Waals surface area contributed by atoms with E-state index in [0.717, 1.165) is 44.9 Å². The van der Waals surface area contributed by atoms with Crippen LogP contribution >= 0.6 is 0 Å². The van der Waals surface area contributed by atoms with Crippen LogP contribution in [0.3, 0.4) is 0 Å². The third-order valence-electron chi connectivity index (χ3n) is 4.21. The normalized spacial score (nSPS) is 13.4. The maximum absolute atomic E-state index is 11.8. The van der Waals surface area contributed by atoms with Crippen molar-refractivity contribution in [1.29, 1.82) is 0 Å². The maximum Gasteiger partial charge on any atom is 0.306 e. The van der Waals surface area contributed by atoms with Gasteiger partial charge in [0, 0.05) is 12.8 Å². The lowest BCUT2D eigenvalue weighted by Crippen LogP contribution is -2.16. The van der Waals surface area contributed by atoms with Crippen molar-refractivity contribution in [3.05, 3.63) is 60.8 Å². The van der Waals surface area contributed by atoms with Gasteiger partial charge < -0.3 is 9.84 Å². The molecule has 4 nitrogen and oxygen atoms in total. The van der Waals surface area contributed by atoms with Gasteiger partial charge in [-0.2, -0.15) is 0 Å². The number of hydrogen-bond donors (Lipinski definition) is 1. The molecule has 0 radical (unpaired) electrons. The molecule has 30 heavy (non-hydrogen) atoms. The highest BCUT2D eigenvalue weighted by Gasteiger charge is 2.10. The second kappa shape index (κ2) is 21.4. The van der Waals surface area contributed by atoms with Gasteiger partial charge in [-0.05, 0) is 63.9 Å². The molecule has 168 valence electrons. The van der Waals surface area contributed by atoms with Crippen LogP contribution in [0.5, 0.6) is 0 Å². The number of carbonyl (C=O) groups is 2. The molecule has 0 aromatic heterocycles. The molecule has 0 amide bonds. The van der Waals surface area contributed by atoms with E-state index < -0.39 is 5.97 Å². The van der Waals surface area contributed by atoms with Gasteiger partial charge in [0.1, 0.15) is 6.10 Å². The lowest BCUT2D eigenvalue weighted by molar-refractivity contribution is -0.147. The first kappa shape index (κ1) is 27.6. The standard InChI is InChI=1S/C26H40O4/c1-3-5-6-7-8-9-10-11-12-13-14-15-16-17-21-24(30-26(29)20-4-2)22-18-19-23-25(27)28/h5-6,8-9,11-12,14-15,17,21,24H,3-4,7,10,13,16,18-20,22-23H2,1-2H3,(H,27,28)/b6-5-,9-8-,12-11-,15-14-,21-17-. The van der Waals surface area contributed by atoms with E-state index in [0.29, 0.717) is 19.3 Å². The van der Waals surface area contributed by atoms with E-state index in [1.54, 1.807) is 0 Å². The van der Waals surface area contributed by atoms with Crippen molar-refractivity contribution in [1.82, 2.24) is 0 Å². The molecule has 0 fully saturated rings. The van der Waals surface area contributed by atoms with Crippen molar-refractivity contribution in [2.24, 2.45) is 0 Å². The molecule has 4 heteroatoms. The Hall–Kier alpha value is -2.36. The summed E-state index contributed by atoms with van der Waals surface area (Å²) in [6, 6.07) is 0. The van der Waals surface area contributed by atoms with E-state index in [4.69, 9.17) is 9.84 Å². The topological polar surface area (TPSA) is 63.6 Å². The number of aliphatic carboxylic acids is 1. The van der Waals surface area contributed by atoms with Crippen LogP contribution in [-0.4, -0.2) is 23.1 Å². The van der Waals surface area contributed by atoms with Gasteiger partial charge in [-0.1, -0.05) is 68.5 Å². The molecule has 0 spiro atoms. The van der Waals surface area contributed by atoms with Gasteiger partial charge in [-0.3, -0.25) is 9.59 Å². The van der Waals surface area contributed by atoms with Crippen molar-refractivity contribution >= 4 is 11.9 Å². The van der Waals surface area contributed by atoms with Crippen LogP contribution in [0.25, 0.3) is 0 Å². The summed E-state index contributed by atoms with van der Waals surface area (Å²) in [7, 11) is 0. The molecule has 0 aliphatic rings. The summed E-state index contributed by atoms with van der Waals surface area (Å²) >= 11 is 0. The smallest absolute Gasteiger partial charge is 0.306 e. The summed E-state index contributed by atoms with van der Waals surface area (Å²) in [5.74, 6) is -0.981. The van der Waals surface area contributed by atoms with Gasteiger partial charge in [-0.25, -0.2) is 0 Å². The minimum Gasteiger partial charge on any atom is -0.481 e. The number of carbonyl (C=O) groups excluding carboxylic acids is 1.